The first-order chi connectivity index (χ1) is 17.2. The van der Waals surface area contributed by atoms with Crippen molar-refractivity contribution < 1.29 is 54.1 Å². The van der Waals surface area contributed by atoms with Crippen molar-refractivity contribution >= 4 is 5.69 Å². The maximum atomic E-state index is 13.5. The Morgan fingerprint density at radius 3 is 2.08 bits per heavy atom. The summed E-state index contributed by atoms with van der Waals surface area (Å²) in [6.07, 6.45) is -16.7. The van der Waals surface area contributed by atoms with E-state index in [1.807, 2.05) is 0 Å². The average molecular weight is 539 g/mol. The number of aliphatic hydroxyl groups excluding tert-OH is 1. The smallest absolute Gasteiger partial charge is 0.457 e. The second-order valence-corrected chi connectivity index (χ2v) is 7.73. The Kier molecular flexibility index (Phi) is 8.46. The van der Waals surface area contributed by atoms with Crippen LogP contribution < -0.4 is 14.4 Å². The number of benzene rings is 3. The monoisotopic (exact) mass is 539 g/mol. The lowest BCUT2D eigenvalue weighted by atomic mass is 10.1. The van der Waals surface area contributed by atoms with Gasteiger partial charge in [-0.15, -0.1) is 0 Å². The predicted molar refractivity (Wildman–Crippen MR) is 114 cm³/mol. The molecular formula is C24H18F9NO3. The Labute approximate surface area is 204 Å². The van der Waals surface area contributed by atoms with E-state index < -0.39 is 55.3 Å². The fraction of sp³-hybridized carbons (Fsp3) is 0.250. The van der Waals surface area contributed by atoms with Gasteiger partial charge in [0.15, 0.2) is 17.7 Å². The van der Waals surface area contributed by atoms with Crippen LogP contribution in [0.25, 0.3) is 0 Å². The van der Waals surface area contributed by atoms with E-state index in [4.69, 9.17) is 4.74 Å². The van der Waals surface area contributed by atoms with E-state index in [1.165, 1.54) is 36.4 Å². The van der Waals surface area contributed by atoms with Crippen molar-refractivity contribution in [2.24, 2.45) is 0 Å². The summed E-state index contributed by atoms with van der Waals surface area (Å²) >= 11 is 0. The van der Waals surface area contributed by atoms with E-state index in [-0.39, 0.29) is 22.7 Å². The molecule has 0 aliphatic rings. The summed E-state index contributed by atoms with van der Waals surface area (Å²) in [5.41, 5.74) is 0.150. The molecule has 3 rings (SSSR count). The minimum absolute atomic E-state index is 0.0173. The van der Waals surface area contributed by atoms with Gasteiger partial charge in [-0.3, -0.25) is 0 Å². The van der Waals surface area contributed by atoms with Crippen molar-refractivity contribution in [1.29, 1.82) is 0 Å². The van der Waals surface area contributed by atoms with Gasteiger partial charge in [-0.1, -0.05) is 18.2 Å². The quantitative estimate of drug-likeness (QED) is 0.284. The molecule has 1 atom stereocenters. The number of aliphatic hydroxyl groups is 1. The van der Waals surface area contributed by atoms with Crippen molar-refractivity contribution in [3.63, 3.8) is 0 Å². The zero-order valence-corrected chi connectivity index (χ0v) is 18.5. The van der Waals surface area contributed by atoms with Crippen LogP contribution in [-0.2, 0) is 6.54 Å². The predicted octanol–water partition coefficient (Wildman–Crippen LogP) is 6.92. The molecule has 0 spiro atoms. The molecule has 0 saturated carbocycles. The topological polar surface area (TPSA) is 41.9 Å². The molecule has 3 aromatic rings. The first-order valence-electron chi connectivity index (χ1n) is 10.4. The highest BCUT2D eigenvalue weighted by molar-refractivity contribution is 5.52. The van der Waals surface area contributed by atoms with E-state index >= 15 is 0 Å². The first-order valence-corrected chi connectivity index (χ1v) is 10.4. The summed E-state index contributed by atoms with van der Waals surface area (Å²) in [5.74, 6) is -3.06. The fourth-order valence-corrected chi connectivity index (χ4v) is 3.12. The number of anilines is 1. The van der Waals surface area contributed by atoms with E-state index in [2.05, 4.69) is 4.74 Å². The molecule has 0 bridgehead atoms. The molecule has 0 radical (unpaired) electrons. The van der Waals surface area contributed by atoms with Gasteiger partial charge in [-0.05, 0) is 42.0 Å². The number of hydrogen-bond donors (Lipinski definition) is 1. The Morgan fingerprint density at radius 1 is 0.784 bits per heavy atom. The van der Waals surface area contributed by atoms with Crippen LogP contribution in [0.1, 0.15) is 5.56 Å². The van der Waals surface area contributed by atoms with Crippen LogP contribution in [0.5, 0.6) is 17.2 Å². The van der Waals surface area contributed by atoms with Crippen LogP contribution in [0.15, 0.2) is 66.7 Å². The second-order valence-electron chi connectivity index (χ2n) is 7.73. The van der Waals surface area contributed by atoms with Gasteiger partial charge in [-0.25, -0.2) is 8.78 Å². The van der Waals surface area contributed by atoms with Crippen molar-refractivity contribution in [3.8, 4) is 17.2 Å². The standard InChI is InChI=1S/C24H18F9NO3/c25-19-8-7-17(11-20(19)26)36-16-5-2-4-15(10-16)34(13-21(35)23(29,30)31)12-14-3-1-6-18(9-14)37-24(32,33)22(27)28/h1-11,21-22,35H,12-13H2. The molecule has 37 heavy (non-hydrogen) atoms. The van der Waals surface area contributed by atoms with Crippen LogP contribution >= 0.6 is 0 Å². The van der Waals surface area contributed by atoms with Gasteiger partial charge in [-0.2, -0.15) is 30.7 Å². The number of hydrogen-bond acceptors (Lipinski definition) is 4. The molecule has 0 aromatic heterocycles. The zero-order valence-electron chi connectivity index (χ0n) is 18.5. The lowest BCUT2D eigenvalue weighted by molar-refractivity contribution is -0.253. The van der Waals surface area contributed by atoms with E-state index in [1.54, 1.807) is 0 Å². The molecule has 0 saturated heterocycles. The van der Waals surface area contributed by atoms with Gasteiger partial charge >= 0.3 is 18.7 Å². The lowest BCUT2D eigenvalue weighted by Crippen LogP contribution is -2.40. The fourth-order valence-electron chi connectivity index (χ4n) is 3.12. The molecule has 1 N–H and O–H groups in total. The summed E-state index contributed by atoms with van der Waals surface area (Å²) < 4.78 is 127. The number of rotatable bonds is 10. The van der Waals surface area contributed by atoms with E-state index in [9.17, 15) is 44.6 Å². The number of ether oxygens (including phenoxy) is 2. The second kappa shape index (κ2) is 11.2. The summed E-state index contributed by atoms with van der Waals surface area (Å²) in [6.45, 7) is -1.41. The molecule has 0 heterocycles. The number of halogens is 9. The molecule has 0 amide bonds. The lowest BCUT2D eigenvalue weighted by Gasteiger charge is -2.29. The van der Waals surface area contributed by atoms with Crippen molar-refractivity contribution in [2.75, 3.05) is 11.4 Å². The normalized spacial score (nSPS) is 12.9. The van der Waals surface area contributed by atoms with Crippen LogP contribution in [-0.4, -0.2) is 36.5 Å². The van der Waals surface area contributed by atoms with Crippen LogP contribution in [0, 0.1) is 11.6 Å². The van der Waals surface area contributed by atoms with Crippen molar-refractivity contribution in [3.05, 3.63) is 83.9 Å². The maximum Gasteiger partial charge on any atom is 0.461 e. The Bertz CT molecular complexity index is 1200. The summed E-state index contributed by atoms with van der Waals surface area (Å²) in [7, 11) is 0. The van der Waals surface area contributed by atoms with Gasteiger partial charge in [0, 0.05) is 24.4 Å². The highest BCUT2D eigenvalue weighted by Crippen LogP contribution is 2.31. The molecule has 0 aliphatic carbocycles. The molecule has 3 aromatic carbocycles. The Hall–Kier alpha value is -3.61. The highest BCUT2D eigenvalue weighted by Gasteiger charge is 2.44. The molecule has 200 valence electrons. The van der Waals surface area contributed by atoms with Crippen molar-refractivity contribution in [1.82, 2.24) is 0 Å². The highest BCUT2D eigenvalue weighted by atomic mass is 19.4. The van der Waals surface area contributed by atoms with E-state index in [0.29, 0.717) is 0 Å². The third-order valence-corrected chi connectivity index (χ3v) is 4.86. The van der Waals surface area contributed by atoms with Gasteiger partial charge in [0.25, 0.3) is 0 Å². The number of alkyl halides is 7. The minimum Gasteiger partial charge on any atom is -0.457 e. The maximum absolute atomic E-state index is 13.5. The van der Waals surface area contributed by atoms with E-state index in [0.717, 1.165) is 35.2 Å². The third-order valence-electron chi connectivity index (χ3n) is 4.86. The summed E-state index contributed by atoms with van der Waals surface area (Å²) in [4.78, 5) is 1.03. The van der Waals surface area contributed by atoms with Gasteiger partial charge in [0.2, 0.25) is 0 Å². The minimum atomic E-state index is -5.00. The Balaban J connectivity index is 1.89. The van der Waals surface area contributed by atoms with Crippen molar-refractivity contribution in [2.45, 2.75) is 31.4 Å². The van der Waals surface area contributed by atoms with Crippen LogP contribution in [0.4, 0.5) is 45.2 Å². The summed E-state index contributed by atoms with van der Waals surface area (Å²) in [6, 6.07) is 12.4. The average Bonchev–Trinajstić information content (AvgIpc) is 2.80. The molecule has 13 heteroatoms. The van der Waals surface area contributed by atoms with Crippen LogP contribution in [0.2, 0.25) is 0 Å². The largest absolute Gasteiger partial charge is 0.461 e. The third kappa shape index (κ3) is 7.68. The SMILES string of the molecule is OC(CN(Cc1cccc(OC(F)(F)C(F)F)c1)c1cccc(Oc2ccc(F)c(F)c2)c1)C(F)(F)F. The van der Waals surface area contributed by atoms with Gasteiger partial charge in [0.1, 0.15) is 17.2 Å². The molecular weight excluding hydrogens is 521 g/mol. The summed E-state index contributed by atoms with van der Waals surface area (Å²) in [5, 5.41) is 9.64. The van der Waals surface area contributed by atoms with Gasteiger partial charge in [0.05, 0.1) is 6.54 Å². The Morgan fingerprint density at radius 2 is 1.43 bits per heavy atom. The molecule has 1 unspecified atom stereocenters. The molecule has 0 fully saturated rings. The van der Waals surface area contributed by atoms with Gasteiger partial charge < -0.3 is 19.5 Å². The van der Waals surface area contributed by atoms with Crippen LogP contribution in [0.3, 0.4) is 0 Å². The molecule has 4 nitrogen and oxygen atoms in total. The molecule has 0 aliphatic heterocycles. The zero-order chi connectivity index (χ0) is 27.4. The first kappa shape index (κ1) is 28.0. The number of nitrogens with zero attached hydrogens (tertiary/aromatic N) is 1.